The standard InChI is InChI=1S/C11H23NO/c1-8-5-10(3,4)7-11(8,13)9(2)6-12/h8-9,13H,5-7,12H2,1-4H3. The fourth-order valence-electron chi connectivity index (χ4n) is 2.88. The Bertz CT molecular complexity index is 191. The smallest absolute Gasteiger partial charge is 0.0715 e. The van der Waals surface area contributed by atoms with Crippen LogP contribution in [0.2, 0.25) is 0 Å². The molecule has 0 aromatic rings. The van der Waals surface area contributed by atoms with E-state index in [4.69, 9.17) is 5.73 Å². The third-order valence-corrected chi connectivity index (χ3v) is 3.68. The molecule has 13 heavy (non-hydrogen) atoms. The first kappa shape index (κ1) is 11.0. The molecule has 1 saturated carbocycles. The second-order valence-electron chi connectivity index (χ2n) is 5.57. The Morgan fingerprint density at radius 2 is 2.08 bits per heavy atom. The van der Waals surface area contributed by atoms with Crippen molar-refractivity contribution in [3.05, 3.63) is 0 Å². The van der Waals surface area contributed by atoms with Gasteiger partial charge in [0, 0.05) is 0 Å². The SMILES string of the molecule is CC(CN)C1(O)CC(C)(C)CC1C. The van der Waals surface area contributed by atoms with E-state index in [1.54, 1.807) is 0 Å². The van der Waals surface area contributed by atoms with E-state index in [0.29, 0.717) is 12.5 Å². The number of hydrogen-bond acceptors (Lipinski definition) is 2. The number of rotatable bonds is 2. The lowest BCUT2D eigenvalue weighted by Crippen LogP contribution is -2.42. The van der Waals surface area contributed by atoms with Crippen molar-refractivity contribution in [1.29, 1.82) is 0 Å². The van der Waals surface area contributed by atoms with Crippen molar-refractivity contribution in [3.8, 4) is 0 Å². The first-order chi connectivity index (χ1) is 5.82. The molecule has 1 rings (SSSR count). The zero-order chi connectivity index (χ0) is 10.3. The van der Waals surface area contributed by atoms with Gasteiger partial charge in [0.2, 0.25) is 0 Å². The molecule has 1 fully saturated rings. The van der Waals surface area contributed by atoms with Crippen LogP contribution < -0.4 is 5.73 Å². The molecule has 0 aromatic carbocycles. The third kappa shape index (κ3) is 1.89. The fraction of sp³-hybridized carbons (Fsp3) is 1.00. The Labute approximate surface area is 81.5 Å². The first-order valence-corrected chi connectivity index (χ1v) is 5.24. The summed E-state index contributed by atoms with van der Waals surface area (Å²) in [5.41, 5.74) is 5.37. The van der Waals surface area contributed by atoms with Crippen LogP contribution in [-0.4, -0.2) is 17.3 Å². The number of nitrogens with two attached hydrogens (primary N) is 1. The van der Waals surface area contributed by atoms with E-state index >= 15 is 0 Å². The zero-order valence-corrected chi connectivity index (χ0v) is 9.30. The summed E-state index contributed by atoms with van der Waals surface area (Å²) in [6.45, 7) is 9.23. The zero-order valence-electron chi connectivity index (χ0n) is 9.30. The van der Waals surface area contributed by atoms with Gasteiger partial charge < -0.3 is 10.8 Å². The van der Waals surface area contributed by atoms with Gasteiger partial charge in [0.25, 0.3) is 0 Å². The average Bonchev–Trinajstić information content (AvgIpc) is 2.20. The van der Waals surface area contributed by atoms with Crippen LogP contribution in [-0.2, 0) is 0 Å². The summed E-state index contributed by atoms with van der Waals surface area (Å²) in [5.74, 6) is 0.588. The fourth-order valence-corrected chi connectivity index (χ4v) is 2.88. The van der Waals surface area contributed by atoms with Gasteiger partial charge in [0.15, 0.2) is 0 Å². The third-order valence-electron chi connectivity index (χ3n) is 3.68. The molecule has 0 heterocycles. The molecular formula is C11H23NO. The van der Waals surface area contributed by atoms with E-state index in [9.17, 15) is 5.11 Å². The van der Waals surface area contributed by atoms with Crippen LogP contribution in [0.25, 0.3) is 0 Å². The Hall–Kier alpha value is -0.0800. The minimum Gasteiger partial charge on any atom is -0.389 e. The van der Waals surface area contributed by atoms with Gasteiger partial charge >= 0.3 is 0 Å². The van der Waals surface area contributed by atoms with Gasteiger partial charge in [-0.15, -0.1) is 0 Å². The van der Waals surface area contributed by atoms with Crippen molar-refractivity contribution < 1.29 is 5.11 Å². The molecule has 0 bridgehead atoms. The van der Waals surface area contributed by atoms with E-state index in [0.717, 1.165) is 12.8 Å². The lowest BCUT2D eigenvalue weighted by molar-refractivity contribution is -0.0412. The highest BCUT2D eigenvalue weighted by molar-refractivity contribution is 5.01. The van der Waals surface area contributed by atoms with Gasteiger partial charge in [0.05, 0.1) is 5.60 Å². The second-order valence-corrected chi connectivity index (χ2v) is 5.57. The largest absolute Gasteiger partial charge is 0.389 e. The predicted molar refractivity (Wildman–Crippen MR) is 55.3 cm³/mol. The molecule has 0 spiro atoms. The monoisotopic (exact) mass is 185 g/mol. The summed E-state index contributed by atoms with van der Waals surface area (Å²) in [7, 11) is 0. The first-order valence-electron chi connectivity index (χ1n) is 5.24. The lowest BCUT2D eigenvalue weighted by Gasteiger charge is -2.34. The average molecular weight is 185 g/mol. The van der Waals surface area contributed by atoms with E-state index in [1.807, 2.05) is 0 Å². The molecule has 3 atom stereocenters. The summed E-state index contributed by atoms with van der Waals surface area (Å²) < 4.78 is 0. The molecule has 1 aliphatic rings. The topological polar surface area (TPSA) is 46.2 Å². The minimum atomic E-state index is -0.530. The van der Waals surface area contributed by atoms with E-state index < -0.39 is 5.60 Å². The summed E-state index contributed by atoms with van der Waals surface area (Å²) in [5, 5.41) is 10.5. The van der Waals surface area contributed by atoms with Crippen LogP contribution in [0.4, 0.5) is 0 Å². The second kappa shape index (κ2) is 3.25. The molecule has 3 N–H and O–H groups in total. The highest BCUT2D eigenvalue weighted by Gasteiger charge is 2.49. The van der Waals surface area contributed by atoms with Crippen molar-refractivity contribution in [2.45, 2.75) is 46.1 Å². The summed E-state index contributed by atoms with van der Waals surface area (Å²) in [6.07, 6.45) is 1.99. The highest BCUT2D eigenvalue weighted by atomic mass is 16.3. The molecule has 0 aliphatic heterocycles. The lowest BCUT2D eigenvalue weighted by atomic mass is 9.80. The van der Waals surface area contributed by atoms with Crippen molar-refractivity contribution in [2.24, 2.45) is 23.0 Å². The van der Waals surface area contributed by atoms with Gasteiger partial charge in [-0.25, -0.2) is 0 Å². The molecule has 0 amide bonds. The van der Waals surface area contributed by atoms with Crippen LogP contribution in [0.1, 0.15) is 40.5 Å². The summed E-state index contributed by atoms with van der Waals surface area (Å²) >= 11 is 0. The quantitative estimate of drug-likeness (QED) is 0.688. The van der Waals surface area contributed by atoms with Crippen molar-refractivity contribution in [1.82, 2.24) is 0 Å². The van der Waals surface area contributed by atoms with Crippen molar-refractivity contribution in [3.63, 3.8) is 0 Å². The molecule has 2 heteroatoms. The Kier molecular flexibility index (Phi) is 2.75. The Morgan fingerprint density at radius 3 is 2.38 bits per heavy atom. The molecular weight excluding hydrogens is 162 g/mol. The van der Waals surface area contributed by atoms with Crippen molar-refractivity contribution >= 4 is 0 Å². The van der Waals surface area contributed by atoms with Gasteiger partial charge in [-0.2, -0.15) is 0 Å². The molecule has 1 aliphatic carbocycles. The molecule has 0 radical (unpaired) electrons. The van der Waals surface area contributed by atoms with Gasteiger partial charge in [-0.1, -0.05) is 27.7 Å². The minimum absolute atomic E-state index is 0.212. The maximum atomic E-state index is 10.5. The van der Waals surface area contributed by atoms with Gasteiger partial charge in [-0.05, 0) is 36.6 Å². The van der Waals surface area contributed by atoms with Crippen LogP contribution in [0.15, 0.2) is 0 Å². The molecule has 0 aromatic heterocycles. The van der Waals surface area contributed by atoms with Crippen LogP contribution in [0.3, 0.4) is 0 Å². The molecule has 2 nitrogen and oxygen atoms in total. The van der Waals surface area contributed by atoms with Gasteiger partial charge in [0.1, 0.15) is 0 Å². The molecule has 78 valence electrons. The Balaban J connectivity index is 2.80. The van der Waals surface area contributed by atoms with Gasteiger partial charge in [-0.3, -0.25) is 0 Å². The number of hydrogen-bond donors (Lipinski definition) is 2. The predicted octanol–water partition coefficient (Wildman–Crippen LogP) is 1.77. The maximum Gasteiger partial charge on any atom is 0.0715 e. The Morgan fingerprint density at radius 1 is 1.54 bits per heavy atom. The van der Waals surface area contributed by atoms with E-state index in [2.05, 4.69) is 27.7 Å². The maximum absolute atomic E-state index is 10.5. The highest BCUT2D eigenvalue weighted by Crippen LogP contribution is 2.50. The van der Waals surface area contributed by atoms with E-state index in [1.165, 1.54) is 0 Å². The summed E-state index contributed by atoms with van der Waals surface area (Å²) in [4.78, 5) is 0. The van der Waals surface area contributed by atoms with Crippen molar-refractivity contribution in [2.75, 3.05) is 6.54 Å². The normalized spacial score (nSPS) is 40.6. The molecule has 0 saturated heterocycles. The van der Waals surface area contributed by atoms with E-state index in [-0.39, 0.29) is 11.3 Å². The number of aliphatic hydroxyl groups is 1. The van der Waals surface area contributed by atoms with Crippen LogP contribution >= 0.6 is 0 Å². The molecule has 3 unspecified atom stereocenters. The van der Waals surface area contributed by atoms with Crippen LogP contribution in [0, 0.1) is 17.3 Å². The van der Waals surface area contributed by atoms with Crippen LogP contribution in [0.5, 0.6) is 0 Å². The summed E-state index contributed by atoms with van der Waals surface area (Å²) in [6, 6.07) is 0.